The minimum Gasteiger partial charge on any atom is -0.394 e. The van der Waals surface area contributed by atoms with E-state index in [-0.39, 0.29) is 6.54 Å². The third kappa shape index (κ3) is 5.07. The Bertz CT molecular complexity index is 467. The number of aliphatic hydroxyl groups is 5. The van der Waals surface area contributed by atoms with Gasteiger partial charge in [0.05, 0.1) is 12.7 Å². The van der Waals surface area contributed by atoms with Crippen molar-refractivity contribution in [1.29, 1.82) is 0 Å². The molecule has 0 fully saturated rings. The lowest BCUT2D eigenvalue weighted by Crippen LogP contribution is -2.49. The van der Waals surface area contributed by atoms with Gasteiger partial charge >= 0.3 is 0 Å². The lowest BCUT2D eigenvalue weighted by Gasteiger charge is -2.25. The largest absolute Gasteiger partial charge is 0.394 e. The van der Waals surface area contributed by atoms with E-state index in [4.69, 9.17) is 5.11 Å². The van der Waals surface area contributed by atoms with E-state index in [0.29, 0.717) is 5.56 Å². The first-order chi connectivity index (χ1) is 9.86. The zero-order chi connectivity index (χ0) is 16.0. The number of aryl methyl sites for hydroxylation is 1. The van der Waals surface area contributed by atoms with Gasteiger partial charge in [-0.25, -0.2) is 0 Å². The number of benzene rings is 1. The van der Waals surface area contributed by atoms with Crippen LogP contribution in [0, 0.1) is 6.92 Å². The molecule has 1 aromatic rings. The molecule has 0 aliphatic rings. The van der Waals surface area contributed by atoms with E-state index >= 15 is 0 Å². The van der Waals surface area contributed by atoms with Crippen molar-refractivity contribution in [3.05, 3.63) is 35.4 Å². The van der Waals surface area contributed by atoms with Crippen LogP contribution in [0.15, 0.2) is 24.3 Å². The Kier molecular flexibility index (Phi) is 6.73. The Labute approximate surface area is 122 Å². The van der Waals surface area contributed by atoms with Crippen LogP contribution >= 0.6 is 0 Å². The maximum Gasteiger partial charge on any atom is 0.251 e. The summed E-state index contributed by atoms with van der Waals surface area (Å²) in [6.07, 6.45) is -6.44. The summed E-state index contributed by atoms with van der Waals surface area (Å²) in [5.74, 6) is -0.429. The summed E-state index contributed by atoms with van der Waals surface area (Å²) >= 11 is 0. The molecule has 0 bridgehead atoms. The summed E-state index contributed by atoms with van der Waals surface area (Å²) in [7, 11) is 0. The van der Waals surface area contributed by atoms with Gasteiger partial charge in [-0.05, 0) is 19.1 Å². The highest BCUT2D eigenvalue weighted by Gasteiger charge is 2.30. The first-order valence-corrected chi connectivity index (χ1v) is 6.54. The van der Waals surface area contributed by atoms with Gasteiger partial charge in [0.25, 0.3) is 5.91 Å². The predicted octanol–water partition coefficient (Wildman–Crippen LogP) is -1.84. The smallest absolute Gasteiger partial charge is 0.251 e. The van der Waals surface area contributed by atoms with Crippen LogP contribution in [0.3, 0.4) is 0 Å². The maximum atomic E-state index is 11.8. The van der Waals surface area contributed by atoms with Crippen LogP contribution in [0.1, 0.15) is 15.9 Å². The summed E-state index contributed by atoms with van der Waals surface area (Å²) in [6.45, 7) is 0.783. The highest BCUT2D eigenvalue weighted by Crippen LogP contribution is 2.06. The lowest BCUT2D eigenvalue weighted by molar-refractivity contribution is -0.113. The summed E-state index contributed by atoms with van der Waals surface area (Å²) in [5.41, 5.74) is 1.32. The molecule has 1 aromatic carbocycles. The first-order valence-electron chi connectivity index (χ1n) is 6.54. The molecule has 118 valence electrons. The van der Waals surface area contributed by atoms with Crippen molar-refractivity contribution in [2.45, 2.75) is 31.3 Å². The maximum absolute atomic E-state index is 11.8. The van der Waals surface area contributed by atoms with E-state index in [1.54, 1.807) is 18.2 Å². The third-order valence-electron chi connectivity index (χ3n) is 3.08. The van der Waals surface area contributed by atoms with Crippen molar-refractivity contribution in [2.24, 2.45) is 0 Å². The molecule has 6 N–H and O–H groups in total. The van der Waals surface area contributed by atoms with Crippen LogP contribution in [0.25, 0.3) is 0 Å². The molecular formula is C14H21NO6. The quantitative estimate of drug-likeness (QED) is 0.351. The molecule has 0 aliphatic carbocycles. The second kappa shape index (κ2) is 8.06. The molecule has 0 heterocycles. The lowest BCUT2D eigenvalue weighted by atomic mass is 10.0. The van der Waals surface area contributed by atoms with Gasteiger partial charge in [-0.1, -0.05) is 17.7 Å². The molecule has 0 aromatic heterocycles. The van der Waals surface area contributed by atoms with E-state index in [1.807, 2.05) is 13.0 Å². The fraction of sp³-hybridized carbons (Fsp3) is 0.500. The zero-order valence-electron chi connectivity index (χ0n) is 11.7. The van der Waals surface area contributed by atoms with E-state index in [2.05, 4.69) is 5.32 Å². The van der Waals surface area contributed by atoms with E-state index in [9.17, 15) is 25.2 Å². The van der Waals surface area contributed by atoms with Crippen LogP contribution in [-0.4, -0.2) is 69.0 Å². The number of rotatable bonds is 7. The number of hydrogen-bond donors (Lipinski definition) is 6. The van der Waals surface area contributed by atoms with Gasteiger partial charge in [0.2, 0.25) is 0 Å². The van der Waals surface area contributed by atoms with Crippen LogP contribution in [0.4, 0.5) is 0 Å². The second-order valence-corrected chi connectivity index (χ2v) is 4.88. The van der Waals surface area contributed by atoms with Crippen LogP contribution in [0.5, 0.6) is 0 Å². The normalized spacial score (nSPS) is 16.9. The molecule has 0 aliphatic heterocycles. The van der Waals surface area contributed by atoms with Crippen molar-refractivity contribution in [3.8, 4) is 0 Å². The monoisotopic (exact) mass is 299 g/mol. The Morgan fingerprint density at radius 3 is 2.33 bits per heavy atom. The average Bonchev–Trinajstić information content (AvgIpc) is 2.49. The SMILES string of the molecule is Cc1cccc(C(=O)NCC(O)C(O)C(O)C(O)CO)c1. The minimum absolute atomic E-state index is 0.302. The minimum atomic E-state index is -1.71. The number of amides is 1. The second-order valence-electron chi connectivity index (χ2n) is 4.88. The van der Waals surface area contributed by atoms with Gasteiger partial charge in [-0.3, -0.25) is 4.79 Å². The van der Waals surface area contributed by atoms with Gasteiger partial charge < -0.3 is 30.8 Å². The van der Waals surface area contributed by atoms with Gasteiger partial charge in [0.15, 0.2) is 0 Å². The number of carbonyl (C=O) groups excluding carboxylic acids is 1. The molecule has 0 spiro atoms. The molecule has 4 unspecified atom stereocenters. The molecule has 21 heavy (non-hydrogen) atoms. The van der Waals surface area contributed by atoms with Crippen LogP contribution in [0.2, 0.25) is 0 Å². The number of aliphatic hydroxyl groups excluding tert-OH is 5. The topological polar surface area (TPSA) is 130 Å². The highest BCUT2D eigenvalue weighted by atomic mass is 16.4. The van der Waals surface area contributed by atoms with Crippen molar-refractivity contribution in [2.75, 3.05) is 13.2 Å². The molecule has 4 atom stereocenters. The first kappa shape index (κ1) is 17.5. The molecule has 0 radical (unpaired) electrons. The Morgan fingerprint density at radius 1 is 1.14 bits per heavy atom. The molecule has 7 heteroatoms. The third-order valence-corrected chi connectivity index (χ3v) is 3.08. The van der Waals surface area contributed by atoms with E-state index < -0.39 is 36.9 Å². The van der Waals surface area contributed by atoms with Gasteiger partial charge in [0, 0.05) is 12.1 Å². The van der Waals surface area contributed by atoms with Crippen molar-refractivity contribution >= 4 is 5.91 Å². The molecule has 0 saturated carbocycles. The molecule has 1 rings (SSSR count). The van der Waals surface area contributed by atoms with Gasteiger partial charge in [-0.15, -0.1) is 0 Å². The van der Waals surface area contributed by atoms with Gasteiger partial charge in [-0.2, -0.15) is 0 Å². The fourth-order valence-electron chi connectivity index (χ4n) is 1.77. The fourth-order valence-corrected chi connectivity index (χ4v) is 1.77. The van der Waals surface area contributed by atoms with Gasteiger partial charge in [0.1, 0.15) is 18.3 Å². The number of carbonyl (C=O) groups is 1. The standard InChI is InChI=1S/C14H21NO6/c1-8-3-2-4-9(5-8)14(21)15-6-10(17)12(19)13(20)11(18)7-16/h2-5,10-13,16-20H,6-7H2,1H3,(H,15,21). The van der Waals surface area contributed by atoms with E-state index in [1.165, 1.54) is 0 Å². The summed E-state index contributed by atoms with van der Waals surface area (Å²) in [6, 6.07) is 6.83. The Balaban J connectivity index is 2.52. The number of nitrogens with one attached hydrogen (secondary N) is 1. The van der Waals surface area contributed by atoms with Crippen molar-refractivity contribution in [3.63, 3.8) is 0 Å². The molecule has 1 amide bonds. The molecule has 7 nitrogen and oxygen atoms in total. The summed E-state index contributed by atoms with van der Waals surface area (Å²) in [5, 5.41) is 48.9. The average molecular weight is 299 g/mol. The molecule has 0 saturated heterocycles. The van der Waals surface area contributed by atoms with E-state index in [0.717, 1.165) is 5.56 Å². The Morgan fingerprint density at radius 2 is 1.76 bits per heavy atom. The summed E-state index contributed by atoms with van der Waals surface area (Å²) in [4.78, 5) is 11.8. The van der Waals surface area contributed by atoms with Crippen molar-refractivity contribution < 1.29 is 30.3 Å². The number of hydrogen-bond acceptors (Lipinski definition) is 6. The highest BCUT2D eigenvalue weighted by molar-refractivity contribution is 5.94. The van der Waals surface area contributed by atoms with Crippen molar-refractivity contribution in [1.82, 2.24) is 5.32 Å². The van der Waals surface area contributed by atoms with Crippen LogP contribution < -0.4 is 5.32 Å². The summed E-state index contributed by atoms with van der Waals surface area (Å²) < 4.78 is 0. The zero-order valence-corrected chi connectivity index (χ0v) is 11.7. The molecular weight excluding hydrogens is 278 g/mol. The van der Waals surface area contributed by atoms with Crippen LogP contribution in [-0.2, 0) is 0 Å². The Hall–Kier alpha value is -1.51. The predicted molar refractivity (Wildman–Crippen MR) is 74.6 cm³/mol.